The molecule has 0 aromatic carbocycles. The van der Waals surface area contributed by atoms with Crippen LogP contribution in [0.2, 0.25) is 0 Å². The van der Waals surface area contributed by atoms with Crippen LogP contribution in [0.15, 0.2) is 0 Å². The highest BCUT2D eigenvalue weighted by Gasteiger charge is 2.23. The molecule has 1 saturated carbocycles. The van der Waals surface area contributed by atoms with Crippen LogP contribution in [-0.2, 0) is 14.2 Å². The third-order valence-corrected chi connectivity index (χ3v) is 4.10. The van der Waals surface area contributed by atoms with Crippen LogP contribution < -0.4 is 0 Å². The van der Waals surface area contributed by atoms with Crippen molar-refractivity contribution >= 4 is 15.9 Å². The molecule has 16 heavy (non-hydrogen) atoms. The molecule has 1 aliphatic carbocycles. The van der Waals surface area contributed by atoms with Crippen LogP contribution in [0.3, 0.4) is 0 Å². The third-order valence-electron chi connectivity index (χ3n) is 3.05. The zero-order chi connectivity index (χ0) is 11.8. The lowest BCUT2D eigenvalue weighted by molar-refractivity contribution is -0.0554. The van der Waals surface area contributed by atoms with E-state index in [0.29, 0.717) is 24.1 Å². The Labute approximate surface area is 107 Å². The maximum absolute atomic E-state index is 5.93. The zero-order valence-electron chi connectivity index (χ0n) is 10.3. The zero-order valence-corrected chi connectivity index (χ0v) is 11.9. The maximum Gasteiger partial charge on any atom is 0.104 e. The molecular weight excluding hydrogens is 272 g/mol. The van der Waals surface area contributed by atoms with E-state index in [0.717, 1.165) is 6.42 Å². The average molecular weight is 295 g/mol. The summed E-state index contributed by atoms with van der Waals surface area (Å²) in [5, 5.41) is 0. The van der Waals surface area contributed by atoms with Crippen molar-refractivity contribution in [1.82, 2.24) is 0 Å². The lowest BCUT2D eigenvalue weighted by Crippen LogP contribution is -2.30. The van der Waals surface area contributed by atoms with Gasteiger partial charge in [-0.3, -0.25) is 0 Å². The molecule has 3 atom stereocenters. The highest BCUT2D eigenvalue weighted by Crippen LogP contribution is 2.26. The summed E-state index contributed by atoms with van der Waals surface area (Å²) >= 11 is 3.72. The van der Waals surface area contributed by atoms with Gasteiger partial charge < -0.3 is 14.2 Å². The normalized spacial score (nSPS) is 28.7. The average Bonchev–Trinajstić information content (AvgIpc) is 2.49. The molecule has 0 saturated heterocycles. The Morgan fingerprint density at radius 2 is 1.88 bits per heavy atom. The molecule has 0 bridgehead atoms. The molecule has 0 radical (unpaired) electrons. The maximum atomic E-state index is 5.93. The molecule has 0 aromatic rings. The monoisotopic (exact) mass is 294 g/mol. The number of alkyl halides is 1. The minimum atomic E-state index is 0.0490. The summed E-state index contributed by atoms with van der Waals surface area (Å²) in [6.07, 6.45) is 6.65. The van der Waals surface area contributed by atoms with Crippen molar-refractivity contribution in [2.45, 2.75) is 49.1 Å². The molecule has 3 nitrogen and oxygen atoms in total. The van der Waals surface area contributed by atoms with E-state index in [1.54, 1.807) is 14.2 Å². The van der Waals surface area contributed by atoms with Gasteiger partial charge in [-0.15, -0.1) is 0 Å². The first-order valence-corrected chi connectivity index (χ1v) is 6.97. The summed E-state index contributed by atoms with van der Waals surface area (Å²) in [6.45, 7) is 1.22. The minimum absolute atomic E-state index is 0.0490. The quantitative estimate of drug-likeness (QED) is 0.557. The first-order valence-electron chi connectivity index (χ1n) is 6.05. The number of ether oxygens (including phenoxy) is 3. The summed E-state index contributed by atoms with van der Waals surface area (Å²) in [5.41, 5.74) is 0. The molecule has 96 valence electrons. The smallest absolute Gasteiger partial charge is 0.104 e. The molecule has 3 unspecified atom stereocenters. The van der Waals surface area contributed by atoms with Gasteiger partial charge in [0.1, 0.15) is 6.10 Å². The first kappa shape index (κ1) is 14.4. The van der Waals surface area contributed by atoms with Crippen molar-refractivity contribution in [3.8, 4) is 0 Å². The van der Waals surface area contributed by atoms with Gasteiger partial charge in [0.25, 0.3) is 0 Å². The highest BCUT2D eigenvalue weighted by molar-refractivity contribution is 9.09. The predicted octanol–water partition coefficient (Wildman–Crippen LogP) is 2.76. The Balaban J connectivity index is 2.27. The fourth-order valence-electron chi connectivity index (χ4n) is 2.02. The van der Waals surface area contributed by atoms with Gasteiger partial charge in [-0.05, 0) is 12.8 Å². The van der Waals surface area contributed by atoms with Crippen molar-refractivity contribution in [2.75, 3.05) is 27.4 Å². The first-order chi connectivity index (χ1) is 7.77. The van der Waals surface area contributed by atoms with E-state index in [2.05, 4.69) is 15.9 Å². The van der Waals surface area contributed by atoms with Crippen LogP contribution in [0.4, 0.5) is 0 Å². The molecule has 0 heterocycles. The van der Waals surface area contributed by atoms with E-state index in [4.69, 9.17) is 14.2 Å². The standard InChI is InChI=1S/C12H23BrO3/c1-14-8-10(15-2)9-16-12-7-5-3-4-6-11(12)13/h10-12H,3-9H2,1-2H3. The van der Waals surface area contributed by atoms with Crippen LogP contribution in [0.5, 0.6) is 0 Å². The van der Waals surface area contributed by atoms with Crippen LogP contribution in [0, 0.1) is 0 Å². The van der Waals surface area contributed by atoms with E-state index >= 15 is 0 Å². The van der Waals surface area contributed by atoms with Gasteiger partial charge in [-0.1, -0.05) is 35.2 Å². The summed E-state index contributed by atoms with van der Waals surface area (Å²) in [7, 11) is 3.39. The molecule has 4 heteroatoms. The predicted molar refractivity (Wildman–Crippen MR) is 68.2 cm³/mol. The third kappa shape index (κ3) is 5.13. The fraction of sp³-hybridized carbons (Fsp3) is 1.00. The molecular formula is C12H23BrO3. The van der Waals surface area contributed by atoms with Gasteiger partial charge in [0, 0.05) is 19.0 Å². The Morgan fingerprint density at radius 1 is 1.12 bits per heavy atom. The van der Waals surface area contributed by atoms with Crippen LogP contribution in [0.1, 0.15) is 32.1 Å². The van der Waals surface area contributed by atoms with Crippen molar-refractivity contribution in [3.05, 3.63) is 0 Å². The minimum Gasteiger partial charge on any atom is -0.382 e. The van der Waals surface area contributed by atoms with Gasteiger partial charge >= 0.3 is 0 Å². The van der Waals surface area contributed by atoms with E-state index in [1.165, 1.54) is 25.7 Å². The summed E-state index contributed by atoms with van der Waals surface area (Å²) in [6, 6.07) is 0. The lowest BCUT2D eigenvalue weighted by Gasteiger charge is -2.23. The molecule has 0 aliphatic heterocycles. The van der Waals surface area contributed by atoms with Crippen molar-refractivity contribution in [3.63, 3.8) is 0 Å². The van der Waals surface area contributed by atoms with Gasteiger partial charge in [0.15, 0.2) is 0 Å². The topological polar surface area (TPSA) is 27.7 Å². The Kier molecular flexibility index (Phi) is 7.62. The van der Waals surface area contributed by atoms with E-state index in [1.807, 2.05) is 0 Å². The van der Waals surface area contributed by atoms with Crippen LogP contribution in [0.25, 0.3) is 0 Å². The fourth-order valence-corrected chi connectivity index (χ4v) is 2.76. The number of hydrogen-bond acceptors (Lipinski definition) is 3. The molecule has 1 fully saturated rings. The molecule has 0 aromatic heterocycles. The van der Waals surface area contributed by atoms with E-state index in [9.17, 15) is 0 Å². The molecule has 1 aliphatic rings. The van der Waals surface area contributed by atoms with E-state index < -0.39 is 0 Å². The van der Waals surface area contributed by atoms with Crippen LogP contribution in [-0.4, -0.2) is 44.5 Å². The van der Waals surface area contributed by atoms with Gasteiger partial charge in [0.05, 0.1) is 19.3 Å². The van der Waals surface area contributed by atoms with Crippen LogP contribution >= 0.6 is 15.9 Å². The molecule has 0 amide bonds. The second-order valence-corrected chi connectivity index (χ2v) is 5.51. The number of methoxy groups -OCH3 is 2. The molecule has 1 rings (SSSR count). The second kappa shape index (κ2) is 8.45. The van der Waals surface area contributed by atoms with Crippen molar-refractivity contribution in [2.24, 2.45) is 0 Å². The second-order valence-electron chi connectivity index (χ2n) is 4.34. The van der Waals surface area contributed by atoms with Crippen molar-refractivity contribution < 1.29 is 14.2 Å². The van der Waals surface area contributed by atoms with E-state index in [-0.39, 0.29) is 6.10 Å². The van der Waals surface area contributed by atoms with Gasteiger partial charge in [0.2, 0.25) is 0 Å². The summed E-state index contributed by atoms with van der Waals surface area (Å²) in [4.78, 5) is 0.495. The summed E-state index contributed by atoms with van der Waals surface area (Å²) < 4.78 is 16.3. The van der Waals surface area contributed by atoms with Crippen molar-refractivity contribution in [1.29, 1.82) is 0 Å². The van der Waals surface area contributed by atoms with Gasteiger partial charge in [-0.25, -0.2) is 0 Å². The molecule has 0 spiro atoms. The highest BCUT2D eigenvalue weighted by atomic mass is 79.9. The number of hydrogen-bond donors (Lipinski definition) is 0. The lowest BCUT2D eigenvalue weighted by atomic mass is 10.1. The molecule has 0 N–H and O–H groups in total. The largest absolute Gasteiger partial charge is 0.382 e. The van der Waals surface area contributed by atoms with Gasteiger partial charge in [-0.2, -0.15) is 0 Å². The SMILES string of the molecule is COCC(COC1CCCCCC1Br)OC. The Morgan fingerprint density at radius 3 is 2.56 bits per heavy atom. The summed E-state index contributed by atoms with van der Waals surface area (Å²) in [5.74, 6) is 0. The number of halogens is 1. The number of rotatable bonds is 6. The Bertz CT molecular complexity index is 178. The Hall–Kier alpha value is 0.360.